The lowest BCUT2D eigenvalue weighted by Gasteiger charge is -2.07. The van der Waals surface area contributed by atoms with Crippen molar-refractivity contribution in [2.75, 3.05) is 5.32 Å². The zero-order chi connectivity index (χ0) is 13.9. The highest BCUT2D eigenvalue weighted by molar-refractivity contribution is 5.92. The fourth-order valence-electron chi connectivity index (χ4n) is 2.04. The maximum atomic E-state index is 11.0. The van der Waals surface area contributed by atoms with Crippen LogP contribution in [0.2, 0.25) is 0 Å². The minimum Gasteiger partial charge on any atom is -0.381 e. The molecule has 1 amide bonds. The van der Waals surface area contributed by atoms with Crippen molar-refractivity contribution in [2.45, 2.75) is 6.54 Å². The third-order valence-corrected chi connectivity index (χ3v) is 3.18. The van der Waals surface area contributed by atoms with Crippen LogP contribution in [0.5, 0.6) is 0 Å². The van der Waals surface area contributed by atoms with Crippen LogP contribution in [0.25, 0.3) is 10.9 Å². The number of H-pyrrole nitrogens is 1. The summed E-state index contributed by atoms with van der Waals surface area (Å²) in [5.74, 6) is -0.407. The van der Waals surface area contributed by atoms with Crippen molar-refractivity contribution in [3.63, 3.8) is 0 Å². The summed E-state index contributed by atoms with van der Waals surface area (Å²) in [6.07, 6.45) is 1.79. The number of fused-ring (bicyclic) bond motifs is 1. The van der Waals surface area contributed by atoms with Crippen molar-refractivity contribution in [1.82, 2.24) is 10.2 Å². The smallest absolute Gasteiger partial charge is 0.248 e. The molecule has 3 rings (SSSR count). The number of rotatable bonds is 4. The van der Waals surface area contributed by atoms with E-state index in [1.54, 1.807) is 18.3 Å². The van der Waals surface area contributed by atoms with Crippen molar-refractivity contribution >= 4 is 22.5 Å². The number of hydrogen-bond acceptors (Lipinski definition) is 3. The SMILES string of the molecule is NC(=O)c1ccc(CNc2ccc3[nH]ncc3c2)cc1. The molecule has 100 valence electrons. The zero-order valence-corrected chi connectivity index (χ0v) is 10.8. The first-order chi connectivity index (χ1) is 9.72. The molecular weight excluding hydrogens is 252 g/mol. The summed E-state index contributed by atoms with van der Waals surface area (Å²) in [6.45, 7) is 0.683. The number of carbonyl (C=O) groups excluding carboxylic acids is 1. The third kappa shape index (κ3) is 2.47. The number of aromatic nitrogens is 2. The average molecular weight is 266 g/mol. The first kappa shape index (κ1) is 12.2. The Morgan fingerprint density at radius 1 is 1.20 bits per heavy atom. The Morgan fingerprint density at radius 3 is 2.75 bits per heavy atom. The van der Waals surface area contributed by atoms with Crippen LogP contribution in [0.4, 0.5) is 5.69 Å². The third-order valence-electron chi connectivity index (χ3n) is 3.18. The Kier molecular flexibility index (Phi) is 3.09. The topological polar surface area (TPSA) is 83.8 Å². The van der Waals surface area contributed by atoms with Crippen molar-refractivity contribution in [3.05, 3.63) is 59.8 Å². The number of carbonyl (C=O) groups is 1. The number of aromatic amines is 1. The van der Waals surface area contributed by atoms with Gasteiger partial charge in [0.05, 0.1) is 11.7 Å². The van der Waals surface area contributed by atoms with Crippen molar-refractivity contribution in [2.24, 2.45) is 5.73 Å². The molecule has 0 bridgehead atoms. The Hall–Kier alpha value is -2.82. The van der Waals surface area contributed by atoms with E-state index in [9.17, 15) is 4.79 Å². The monoisotopic (exact) mass is 266 g/mol. The maximum absolute atomic E-state index is 11.0. The highest BCUT2D eigenvalue weighted by Gasteiger charge is 2.01. The second-order valence-electron chi connectivity index (χ2n) is 4.59. The molecule has 1 aromatic heterocycles. The van der Waals surface area contributed by atoms with Crippen LogP contribution in [-0.2, 0) is 6.54 Å². The Bertz CT molecular complexity index is 746. The molecule has 5 heteroatoms. The summed E-state index contributed by atoms with van der Waals surface area (Å²) in [5.41, 5.74) is 8.86. The number of anilines is 1. The van der Waals surface area contributed by atoms with Gasteiger partial charge in [-0.15, -0.1) is 0 Å². The van der Waals surface area contributed by atoms with E-state index in [2.05, 4.69) is 15.5 Å². The van der Waals surface area contributed by atoms with E-state index >= 15 is 0 Å². The van der Waals surface area contributed by atoms with Gasteiger partial charge in [0, 0.05) is 23.2 Å². The van der Waals surface area contributed by atoms with E-state index in [4.69, 9.17) is 5.73 Å². The van der Waals surface area contributed by atoms with Crippen LogP contribution in [0.15, 0.2) is 48.7 Å². The van der Waals surface area contributed by atoms with Gasteiger partial charge in [0.15, 0.2) is 0 Å². The lowest BCUT2D eigenvalue weighted by atomic mass is 10.1. The predicted molar refractivity (Wildman–Crippen MR) is 78.4 cm³/mol. The Labute approximate surface area is 115 Å². The number of primary amides is 1. The van der Waals surface area contributed by atoms with E-state index in [1.807, 2.05) is 30.3 Å². The molecule has 3 aromatic rings. The summed E-state index contributed by atoms with van der Waals surface area (Å²) in [7, 11) is 0. The number of nitrogens with zero attached hydrogens (tertiary/aromatic N) is 1. The summed E-state index contributed by atoms with van der Waals surface area (Å²) >= 11 is 0. The summed E-state index contributed by atoms with van der Waals surface area (Å²) < 4.78 is 0. The second-order valence-corrected chi connectivity index (χ2v) is 4.59. The van der Waals surface area contributed by atoms with Crippen LogP contribution in [-0.4, -0.2) is 16.1 Å². The highest BCUT2D eigenvalue weighted by Crippen LogP contribution is 2.17. The molecule has 0 unspecified atom stereocenters. The molecule has 0 atom stereocenters. The summed E-state index contributed by atoms with van der Waals surface area (Å²) in [6, 6.07) is 13.3. The van der Waals surface area contributed by atoms with Gasteiger partial charge in [0.25, 0.3) is 0 Å². The standard InChI is InChI=1S/C15H14N4O/c16-15(20)11-3-1-10(2-4-11)8-17-13-5-6-14-12(7-13)9-18-19-14/h1-7,9,17H,8H2,(H2,16,20)(H,18,19). The number of nitrogens with one attached hydrogen (secondary N) is 2. The van der Waals surface area contributed by atoms with E-state index in [1.165, 1.54) is 0 Å². The Balaban J connectivity index is 1.70. The highest BCUT2D eigenvalue weighted by atomic mass is 16.1. The molecule has 4 N–H and O–H groups in total. The number of benzene rings is 2. The maximum Gasteiger partial charge on any atom is 0.248 e. The lowest BCUT2D eigenvalue weighted by molar-refractivity contribution is 0.100. The molecule has 0 saturated carbocycles. The van der Waals surface area contributed by atoms with Gasteiger partial charge >= 0.3 is 0 Å². The largest absolute Gasteiger partial charge is 0.381 e. The van der Waals surface area contributed by atoms with Gasteiger partial charge in [-0.3, -0.25) is 9.89 Å². The van der Waals surface area contributed by atoms with Gasteiger partial charge in [0.1, 0.15) is 0 Å². The van der Waals surface area contributed by atoms with E-state index < -0.39 is 5.91 Å². The minimum atomic E-state index is -0.407. The molecule has 0 aliphatic rings. The average Bonchev–Trinajstić information content (AvgIpc) is 2.93. The van der Waals surface area contributed by atoms with Crippen molar-refractivity contribution < 1.29 is 4.79 Å². The van der Waals surface area contributed by atoms with Gasteiger partial charge in [-0.25, -0.2) is 0 Å². The molecule has 0 aliphatic carbocycles. The van der Waals surface area contributed by atoms with Gasteiger partial charge in [-0.1, -0.05) is 12.1 Å². The first-order valence-corrected chi connectivity index (χ1v) is 6.28. The van der Waals surface area contributed by atoms with E-state index in [0.29, 0.717) is 12.1 Å². The number of amides is 1. The van der Waals surface area contributed by atoms with Crippen molar-refractivity contribution in [3.8, 4) is 0 Å². The Morgan fingerprint density at radius 2 is 2.00 bits per heavy atom. The van der Waals surface area contributed by atoms with Crippen LogP contribution >= 0.6 is 0 Å². The second kappa shape index (κ2) is 5.05. The van der Waals surface area contributed by atoms with Crippen LogP contribution in [0.1, 0.15) is 15.9 Å². The molecule has 1 heterocycles. The number of hydrogen-bond donors (Lipinski definition) is 3. The van der Waals surface area contributed by atoms with Gasteiger partial charge in [-0.2, -0.15) is 5.10 Å². The molecule has 0 fully saturated rings. The zero-order valence-electron chi connectivity index (χ0n) is 10.8. The molecule has 0 aliphatic heterocycles. The van der Waals surface area contributed by atoms with Crippen LogP contribution in [0.3, 0.4) is 0 Å². The van der Waals surface area contributed by atoms with E-state index in [0.717, 1.165) is 22.2 Å². The van der Waals surface area contributed by atoms with Gasteiger partial charge in [0.2, 0.25) is 5.91 Å². The lowest BCUT2D eigenvalue weighted by Crippen LogP contribution is -2.10. The van der Waals surface area contributed by atoms with Crippen molar-refractivity contribution in [1.29, 1.82) is 0 Å². The normalized spacial score (nSPS) is 10.6. The summed E-state index contributed by atoms with van der Waals surface area (Å²) in [5, 5.41) is 11.3. The summed E-state index contributed by atoms with van der Waals surface area (Å²) in [4.78, 5) is 11.0. The van der Waals surface area contributed by atoms with Crippen LogP contribution in [0, 0.1) is 0 Å². The van der Waals surface area contributed by atoms with Crippen LogP contribution < -0.4 is 11.1 Å². The fraction of sp³-hybridized carbons (Fsp3) is 0.0667. The molecule has 0 saturated heterocycles. The minimum absolute atomic E-state index is 0.407. The molecule has 5 nitrogen and oxygen atoms in total. The molecule has 20 heavy (non-hydrogen) atoms. The molecule has 2 aromatic carbocycles. The predicted octanol–water partition coefficient (Wildman–Crippen LogP) is 2.27. The quantitative estimate of drug-likeness (QED) is 0.677. The molecule has 0 radical (unpaired) electrons. The fourth-order valence-corrected chi connectivity index (χ4v) is 2.04. The molecule has 0 spiro atoms. The first-order valence-electron chi connectivity index (χ1n) is 6.28. The van der Waals surface area contributed by atoms with Gasteiger partial charge in [-0.05, 0) is 35.9 Å². The molecular formula is C15H14N4O. The van der Waals surface area contributed by atoms with E-state index in [-0.39, 0.29) is 0 Å². The van der Waals surface area contributed by atoms with Gasteiger partial charge < -0.3 is 11.1 Å². The number of nitrogens with two attached hydrogens (primary N) is 1.